The van der Waals surface area contributed by atoms with E-state index in [0.717, 1.165) is 29.4 Å². The summed E-state index contributed by atoms with van der Waals surface area (Å²) in [4.78, 5) is 20.2. The summed E-state index contributed by atoms with van der Waals surface area (Å²) < 4.78 is 0. The van der Waals surface area contributed by atoms with E-state index in [1.807, 2.05) is 11.8 Å². The monoisotopic (exact) mass is 326 g/mol. The molecule has 0 aromatic carbocycles. The van der Waals surface area contributed by atoms with E-state index in [9.17, 15) is 9.90 Å². The molecule has 0 spiro atoms. The maximum atomic E-state index is 12.5. The molecule has 2 aliphatic rings. The smallest absolute Gasteiger partial charge is 0.254 e. The summed E-state index contributed by atoms with van der Waals surface area (Å²) in [5, 5.41) is 11.5. The van der Waals surface area contributed by atoms with Crippen LogP contribution in [0.15, 0.2) is 0 Å². The first kappa shape index (κ1) is 15.3. The Morgan fingerprint density at radius 2 is 2.05 bits per heavy atom. The highest BCUT2D eigenvalue weighted by Gasteiger charge is 2.39. The number of aliphatic hydroxyl groups is 1. The van der Waals surface area contributed by atoms with E-state index < -0.39 is 5.60 Å². The molecule has 1 saturated heterocycles. The molecule has 1 N–H and O–H groups in total. The second-order valence-electron chi connectivity index (χ2n) is 5.99. The van der Waals surface area contributed by atoms with Crippen molar-refractivity contribution < 1.29 is 9.90 Å². The van der Waals surface area contributed by atoms with Crippen LogP contribution in [-0.2, 0) is 24.2 Å². The Bertz CT molecular complexity index is 500. The van der Waals surface area contributed by atoms with Gasteiger partial charge in [-0.1, -0.05) is 0 Å². The zero-order valence-corrected chi connectivity index (χ0v) is 14.1. The first-order valence-electron chi connectivity index (χ1n) is 7.62. The van der Waals surface area contributed by atoms with Crippen molar-refractivity contribution in [3.63, 3.8) is 0 Å². The second-order valence-corrected chi connectivity index (χ2v) is 8.38. The van der Waals surface area contributed by atoms with Gasteiger partial charge in [0.1, 0.15) is 10.6 Å². The lowest BCUT2D eigenvalue weighted by Crippen LogP contribution is -2.49. The molecule has 1 fully saturated rings. The van der Waals surface area contributed by atoms with E-state index in [-0.39, 0.29) is 5.91 Å². The van der Waals surface area contributed by atoms with Crippen molar-refractivity contribution in [3.05, 3.63) is 15.6 Å². The molecule has 6 heteroatoms. The van der Waals surface area contributed by atoms with Crippen molar-refractivity contribution in [1.29, 1.82) is 0 Å². The number of aromatic nitrogens is 1. The number of hydrogen-bond acceptors (Lipinski definition) is 5. The molecule has 3 rings (SSSR count). The molecule has 1 aromatic heterocycles. The van der Waals surface area contributed by atoms with Crippen LogP contribution in [0, 0.1) is 0 Å². The van der Waals surface area contributed by atoms with E-state index in [1.165, 1.54) is 23.4 Å². The minimum absolute atomic E-state index is 0.143. The average molecular weight is 326 g/mol. The number of carbonyl (C=O) groups is 1. The van der Waals surface area contributed by atoms with Gasteiger partial charge in [0.15, 0.2) is 0 Å². The molecule has 4 nitrogen and oxygen atoms in total. The summed E-state index contributed by atoms with van der Waals surface area (Å²) in [5.41, 5.74) is 0.0755. The fraction of sp³-hybridized carbons (Fsp3) is 0.733. The topological polar surface area (TPSA) is 53.4 Å². The van der Waals surface area contributed by atoms with Crippen molar-refractivity contribution in [1.82, 2.24) is 9.88 Å². The fourth-order valence-electron chi connectivity index (χ4n) is 3.03. The van der Waals surface area contributed by atoms with Gasteiger partial charge in [0.2, 0.25) is 0 Å². The Morgan fingerprint density at radius 3 is 2.76 bits per heavy atom. The normalized spacial score (nSPS) is 20.9. The summed E-state index contributed by atoms with van der Waals surface area (Å²) in [6.45, 7) is 0.520. The number of fused-ring (bicyclic) bond motifs is 1. The highest BCUT2D eigenvalue weighted by Crippen LogP contribution is 2.30. The third kappa shape index (κ3) is 3.27. The zero-order chi connectivity index (χ0) is 14.9. The van der Waals surface area contributed by atoms with Gasteiger partial charge in [-0.15, -0.1) is 11.3 Å². The van der Waals surface area contributed by atoms with Crippen LogP contribution in [0.2, 0.25) is 0 Å². The lowest BCUT2D eigenvalue weighted by atomic mass is 9.95. The second kappa shape index (κ2) is 6.26. The van der Waals surface area contributed by atoms with E-state index >= 15 is 0 Å². The summed E-state index contributed by atoms with van der Waals surface area (Å²) >= 11 is 3.54. The number of thioether (sulfide) groups is 1. The van der Waals surface area contributed by atoms with E-state index in [4.69, 9.17) is 0 Å². The van der Waals surface area contributed by atoms with Gasteiger partial charge in [0, 0.05) is 11.9 Å². The number of likely N-dealkylation sites (N-methyl/N-ethyl adjacent to an activating group) is 1. The number of nitrogens with zero attached hydrogens (tertiary/aromatic N) is 2. The highest BCUT2D eigenvalue weighted by molar-refractivity contribution is 7.99. The van der Waals surface area contributed by atoms with Crippen LogP contribution >= 0.6 is 23.1 Å². The first-order chi connectivity index (χ1) is 10.1. The van der Waals surface area contributed by atoms with Crippen molar-refractivity contribution in [3.8, 4) is 0 Å². The minimum atomic E-state index is -1.16. The predicted octanol–water partition coefficient (Wildman–Crippen LogP) is 2.24. The van der Waals surface area contributed by atoms with Crippen LogP contribution in [0.1, 0.15) is 41.3 Å². The Kier molecular flexibility index (Phi) is 4.57. The van der Waals surface area contributed by atoms with Crippen LogP contribution in [0.4, 0.5) is 0 Å². The number of thiazole rings is 1. The minimum Gasteiger partial charge on any atom is -0.380 e. The van der Waals surface area contributed by atoms with Gasteiger partial charge >= 0.3 is 0 Å². The van der Waals surface area contributed by atoms with Crippen LogP contribution in [0.3, 0.4) is 0 Å². The fourth-order valence-corrected chi connectivity index (χ4v) is 5.40. The van der Waals surface area contributed by atoms with Crippen molar-refractivity contribution in [2.24, 2.45) is 0 Å². The van der Waals surface area contributed by atoms with Crippen LogP contribution in [0.25, 0.3) is 0 Å². The molecule has 1 aliphatic heterocycles. The largest absolute Gasteiger partial charge is 0.380 e. The number of amides is 1. The van der Waals surface area contributed by atoms with E-state index in [2.05, 4.69) is 4.98 Å². The summed E-state index contributed by atoms with van der Waals surface area (Å²) in [6, 6.07) is 0. The molecule has 0 atom stereocenters. The SMILES string of the molecule is CN(Cc1nc2c(s1)CCCC2)C(=O)C1(O)CCSCC1. The molecule has 0 saturated carbocycles. The highest BCUT2D eigenvalue weighted by atomic mass is 32.2. The van der Waals surface area contributed by atoms with Gasteiger partial charge in [0.25, 0.3) is 5.91 Å². The third-order valence-corrected chi connectivity index (χ3v) is 6.45. The summed E-state index contributed by atoms with van der Waals surface area (Å²) in [6.07, 6.45) is 5.81. The quantitative estimate of drug-likeness (QED) is 0.925. The molecule has 116 valence electrons. The van der Waals surface area contributed by atoms with Gasteiger partial charge in [0.05, 0.1) is 12.2 Å². The molecule has 0 radical (unpaired) electrons. The van der Waals surface area contributed by atoms with Crippen molar-refractivity contribution in [2.75, 3.05) is 18.6 Å². The third-order valence-electron chi connectivity index (χ3n) is 4.33. The Morgan fingerprint density at radius 1 is 1.33 bits per heavy atom. The van der Waals surface area contributed by atoms with E-state index in [1.54, 1.807) is 23.3 Å². The average Bonchev–Trinajstić information content (AvgIpc) is 2.89. The molecule has 0 unspecified atom stereocenters. The van der Waals surface area contributed by atoms with Crippen LogP contribution in [-0.4, -0.2) is 45.1 Å². The molecule has 1 aliphatic carbocycles. The molecule has 2 heterocycles. The summed E-state index contributed by atoms with van der Waals surface area (Å²) in [7, 11) is 1.78. The number of hydrogen-bond donors (Lipinski definition) is 1. The van der Waals surface area contributed by atoms with Gasteiger partial charge in [-0.05, 0) is 50.0 Å². The molecular weight excluding hydrogens is 304 g/mol. The van der Waals surface area contributed by atoms with Crippen molar-refractivity contribution >= 4 is 29.0 Å². The van der Waals surface area contributed by atoms with Crippen molar-refractivity contribution in [2.45, 2.75) is 50.7 Å². The maximum absolute atomic E-state index is 12.5. The summed E-state index contributed by atoms with van der Waals surface area (Å²) in [5.74, 6) is 1.58. The zero-order valence-electron chi connectivity index (χ0n) is 12.4. The molecular formula is C15H22N2O2S2. The molecule has 21 heavy (non-hydrogen) atoms. The number of rotatable bonds is 3. The lowest BCUT2D eigenvalue weighted by Gasteiger charge is -2.33. The first-order valence-corrected chi connectivity index (χ1v) is 9.59. The molecule has 1 amide bonds. The van der Waals surface area contributed by atoms with Gasteiger partial charge < -0.3 is 10.0 Å². The Labute approximate surface area is 133 Å². The molecule has 1 aromatic rings. The predicted molar refractivity (Wildman–Crippen MR) is 86.7 cm³/mol. The molecule has 0 bridgehead atoms. The Hall–Kier alpha value is -0.590. The number of aryl methyl sites for hydroxylation is 2. The van der Waals surface area contributed by atoms with Crippen LogP contribution < -0.4 is 0 Å². The van der Waals surface area contributed by atoms with Gasteiger partial charge in [-0.3, -0.25) is 4.79 Å². The van der Waals surface area contributed by atoms with Gasteiger partial charge in [-0.25, -0.2) is 4.98 Å². The lowest BCUT2D eigenvalue weighted by molar-refractivity contribution is -0.151. The Balaban J connectivity index is 1.66. The van der Waals surface area contributed by atoms with Gasteiger partial charge in [-0.2, -0.15) is 11.8 Å². The van der Waals surface area contributed by atoms with E-state index in [0.29, 0.717) is 19.4 Å². The maximum Gasteiger partial charge on any atom is 0.254 e. The standard InChI is InChI=1S/C15H22N2O2S2/c1-17(14(18)15(19)6-8-20-9-7-15)10-13-16-11-4-2-3-5-12(11)21-13/h19H,2-10H2,1H3. The number of carbonyl (C=O) groups excluding carboxylic acids is 1. The van der Waals surface area contributed by atoms with Crippen LogP contribution in [0.5, 0.6) is 0 Å².